The molecule has 0 saturated carbocycles. The highest BCUT2D eigenvalue weighted by Gasteiger charge is 2.06. The fourth-order valence-electron chi connectivity index (χ4n) is 2.53. The molecular weight excluding hydrogens is 262 g/mol. The van der Waals surface area contributed by atoms with Gasteiger partial charge in [-0.05, 0) is 29.8 Å². The first-order valence-corrected chi connectivity index (χ1v) is 6.66. The number of nitrogens with two attached hydrogens (primary N) is 1. The van der Waals surface area contributed by atoms with Crippen molar-refractivity contribution in [1.82, 2.24) is 4.57 Å². The number of carbonyl (C=O) groups is 1. The van der Waals surface area contributed by atoms with Gasteiger partial charge in [-0.1, -0.05) is 24.3 Å². The summed E-state index contributed by atoms with van der Waals surface area (Å²) in [6, 6.07) is 15.2. The molecule has 3 rings (SSSR count). The Morgan fingerprint density at radius 2 is 2.00 bits per heavy atom. The molecule has 1 amide bonds. The highest BCUT2D eigenvalue weighted by Crippen LogP contribution is 2.20. The van der Waals surface area contributed by atoms with Crippen molar-refractivity contribution < 1.29 is 4.79 Å². The van der Waals surface area contributed by atoms with Crippen LogP contribution in [0.5, 0.6) is 0 Å². The van der Waals surface area contributed by atoms with E-state index in [0.29, 0.717) is 12.1 Å². The molecule has 0 fully saturated rings. The molecule has 2 aromatic carbocycles. The lowest BCUT2D eigenvalue weighted by atomic mass is 10.1. The summed E-state index contributed by atoms with van der Waals surface area (Å²) < 4.78 is 2.10. The number of aromatic nitrogens is 1. The number of fused-ring (bicyclic) bond motifs is 1. The predicted molar refractivity (Wildman–Crippen MR) is 83.9 cm³/mol. The number of amides is 1. The fraction of sp³-hybridized carbons (Fsp3) is 0.0588. The Morgan fingerprint density at radius 1 is 1.19 bits per heavy atom. The van der Waals surface area contributed by atoms with Gasteiger partial charge in [-0.2, -0.15) is 0 Å². The molecule has 0 aliphatic rings. The SMILES string of the molecule is N=Cc1cccc2c1ccn2Cc1cccc(C(N)=O)c1. The molecule has 0 atom stereocenters. The minimum Gasteiger partial charge on any atom is -0.366 e. The van der Waals surface area contributed by atoms with Crippen LogP contribution in [0.1, 0.15) is 21.5 Å². The van der Waals surface area contributed by atoms with Gasteiger partial charge in [0.25, 0.3) is 0 Å². The van der Waals surface area contributed by atoms with Crippen molar-refractivity contribution in [2.24, 2.45) is 5.73 Å². The van der Waals surface area contributed by atoms with E-state index in [1.165, 1.54) is 6.21 Å². The summed E-state index contributed by atoms with van der Waals surface area (Å²) in [4.78, 5) is 11.2. The number of benzene rings is 2. The second-order valence-electron chi connectivity index (χ2n) is 4.93. The first-order valence-electron chi connectivity index (χ1n) is 6.66. The zero-order valence-corrected chi connectivity index (χ0v) is 11.4. The molecule has 3 aromatic rings. The van der Waals surface area contributed by atoms with Crippen molar-refractivity contribution in [1.29, 1.82) is 5.41 Å². The molecule has 0 spiro atoms. The molecule has 0 aliphatic heterocycles. The molecule has 0 bridgehead atoms. The number of hydrogen-bond acceptors (Lipinski definition) is 2. The highest BCUT2D eigenvalue weighted by molar-refractivity contribution is 5.98. The Labute approximate surface area is 122 Å². The van der Waals surface area contributed by atoms with Gasteiger partial charge >= 0.3 is 0 Å². The second-order valence-corrected chi connectivity index (χ2v) is 4.93. The number of carbonyl (C=O) groups excluding carboxylic acids is 1. The average Bonchev–Trinajstić information content (AvgIpc) is 2.90. The standard InChI is InChI=1S/C17H15N3O/c18-10-14-5-2-6-16-15(14)7-8-20(16)11-12-3-1-4-13(9-12)17(19)21/h1-10,18H,11H2,(H2,19,21). The predicted octanol–water partition coefficient (Wildman–Crippen LogP) is 2.79. The van der Waals surface area contributed by atoms with Crippen molar-refractivity contribution in [3.63, 3.8) is 0 Å². The summed E-state index contributed by atoms with van der Waals surface area (Å²) >= 11 is 0. The number of rotatable bonds is 4. The van der Waals surface area contributed by atoms with Crippen LogP contribution in [0.25, 0.3) is 10.9 Å². The lowest BCUT2D eigenvalue weighted by Gasteiger charge is -2.07. The minimum atomic E-state index is -0.416. The van der Waals surface area contributed by atoms with E-state index in [2.05, 4.69) is 4.57 Å². The van der Waals surface area contributed by atoms with E-state index < -0.39 is 5.91 Å². The molecule has 104 valence electrons. The van der Waals surface area contributed by atoms with E-state index in [9.17, 15) is 4.79 Å². The molecule has 3 N–H and O–H groups in total. The molecule has 0 saturated heterocycles. The Kier molecular flexibility index (Phi) is 3.28. The molecule has 4 nitrogen and oxygen atoms in total. The van der Waals surface area contributed by atoms with E-state index in [-0.39, 0.29) is 0 Å². The molecular formula is C17H15N3O. The van der Waals surface area contributed by atoms with Crippen molar-refractivity contribution in [2.75, 3.05) is 0 Å². The third kappa shape index (κ3) is 2.43. The van der Waals surface area contributed by atoms with E-state index in [1.807, 2.05) is 48.7 Å². The lowest BCUT2D eigenvalue weighted by Crippen LogP contribution is -2.11. The molecule has 0 radical (unpaired) electrons. The van der Waals surface area contributed by atoms with Crippen LogP contribution in [0.3, 0.4) is 0 Å². The maximum atomic E-state index is 11.2. The maximum absolute atomic E-state index is 11.2. The largest absolute Gasteiger partial charge is 0.366 e. The van der Waals surface area contributed by atoms with Crippen LogP contribution < -0.4 is 5.73 Å². The number of nitrogens with one attached hydrogen (secondary N) is 1. The first-order chi connectivity index (χ1) is 10.2. The summed E-state index contributed by atoms with van der Waals surface area (Å²) in [5.74, 6) is -0.416. The van der Waals surface area contributed by atoms with Gasteiger partial charge in [0.15, 0.2) is 0 Å². The van der Waals surface area contributed by atoms with Gasteiger partial charge in [0, 0.05) is 41.0 Å². The van der Waals surface area contributed by atoms with Crippen molar-refractivity contribution in [3.05, 3.63) is 71.4 Å². The monoisotopic (exact) mass is 277 g/mol. The van der Waals surface area contributed by atoms with Crippen LogP contribution >= 0.6 is 0 Å². The summed E-state index contributed by atoms with van der Waals surface area (Å²) in [6.45, 7) is 0.659. The first kappa shape index (κ1) is 13.1. The van der Waals surface area contributed by atoms with E-state index in [4.69, 9.17) is 11.1 Å². The normalized spacial score (nSPS) is 10.7. The van der Waals surface area contributed by atoms with Crippen molar-refractivity contribution in [3.8, 4) is 0 Å². The van der Waals surface area contributed by atoms with Crippen molar-refractivity contribution >= 4 is 23.0 Å². The topological polar surface area (TPSA) is 71.9 Å². The van der Waals surface area contributed by atoms with E-state index >= 15 is 0 Å². The number of hydrogen-bond donors (Lipinski definition) is 2. The van der Waals surface area contributed by atoms with Crippen LogP contribution in [0, 0.1) is 5.41 Å². The van der Waals surface area contributed by atoms with Gasteiger partial charge in [0.05, 0.1) is 0 Å². The zero-order chi connectivity index (χ0) is 14.8. The van der Waals surface area contributed by atoms with Gasteiger partial charge < -0.3 is 15.7 Å². The van der Waals surface area contributed by atoms with Crippen LogP contribution in [-0.2, 0) is 6.54 Å². The molecule has 0 aliphatic carbocycles. The van der Waals surface area contributed by atoms with Crippen LogP contribution in [0.15, 0.2) is 54.7 Å². The summed E-state index contributed by atoms with van der Waals surface area (Å²) in [5.41, 5.74) is 8.82. The van der Waals surface area contributed by atoms with Crippen molar-refractivity contribution in [2.45, 2.75) is 6.54 Å². The maximum Gasteiger partial charge on any atom is 0.248 e. The number of nitrogens with zero attached hydrogens (tertiary/aromatic N) is 1. The third-order valence-corrected chi connectivity index (χ3v) is 3.57. The summed E-state index contributed by atoms with van der Waals surface area (Å²) in [7, 11) is 0. The lowest BCUT2D eigenvalue weighted by molar-refractivity contribution is 0.1000. The highest BCUT2D eigenvalue weighted by atomic mass is 16.1. The van der Waals surface area contributed by atoms with E-state index in [0.717, 1.165) is 22.0 Å². The van der Waals surface area contributed by atoms with Gasteiger partial charge in [-0.15, -0.1) is 0 Å². The van der Waals surface area contributed by atoms with Crippen LogP contribution in [0.4, 0.5) is 0 Å². The zero-order valence-electron chi connectivity index (χ0n) is 11.4. The second kappa shape index (κ2) is 5.25. The molecule has 1 aromatic heterocycles. The fourth-order valence-corrected chi connectivity index (χ4v) is 2.53. The molecule has 1 heterocycles. The Balaban J connectivity index is 2.01. The van der Waals surface area contributed by atoms with E-state index in [1.54, 1.807) is 6.07 Å². The van der Waals surface area contributed by atoms with Gasteiger partial charge in [-0.3, -0.25) is 4.79 Å². The molecule has 21 heavy (non-hydrogen) atoms. The Morgan fingerprint density at radius 3 is 2.76 bits per heavy atom. The van der Waals surface area contributed by atoms with Gasteiger partial charge in [0.2, 0.25) is 5.91 Å². The minimum absolute atomic E-state index is 0.416. The van der Waals surface area contributed by atoms with Crippen LogP contribution in [-0.4, -0.2) is 16.7 Å². The smallest absolute Gasteiger partial charge is 0.248 e. The Bertz CT molecular complexity index is 833. The van der Waals surface area contributed by atoms with Crippen LogP contribution in [0.2, 0.25) is 0 Å². The Hall–Kier alpha value is -2.88. The molecule has 4 heteroatoms. The third-order valence-electron chi connectivity index (χ3n) is 3.57. The number of primary amides is 1. The quantitative estimate of drug-likeness (QED) is 0.707. The summed E-state index contributed by atoms with van der Waals surface area (Å²) in [6.07, 6.45) is 3.36. The summed E-state index contributed by atoms with van der Waals surface area (Å²) in [5, 5.41) is 8.50. The van der Waals surface area contributed by atoms with Gasteiger partial charge in [0.1, 0.15) is 0 Å². The molecule has 0 unspecified atom stereocenters. The van der Waals surface area contributed by atoms with Gasteiger partial charge in [-0.25, -0.2) is 0 Å². The average molecular weight is 277 g/mol.